The molecule has 3 rings (SSSR count). The maximum Gasteiger partial charge on any atom is 0.278 e. The van der Waals surface area contributed by atoms with Crippen molar-refractivity contribution >= 4 is 40.1 Å². The molecule has 0 radical (unpaired) electrons. The molecule has 0 unspecified atom stereocenters. The lowest BCUT2D eigenvalue weighted by atomic mass is 10.2. The third-order valence-corrected chi connectivity index (χ3v) is 3.88. The van der Waals surface area contributed by atoms with E-state index in [1.54, 1.807) is 10.9 Å². The van der Waals surface area contributed by atoms with Crippen LogP contribution in [-0.2, 0) is 0 Å². The van der Waals surface area contributed by atoms with Crippen LogP contribution in [0.5, 0.6) is 0 Å². The van der Waals surface area contributed by atoms with Crippen molar-refractivity contribution < 1.29 is 0 Å². The van der Waals surface area contributed by atoms with Crippen LogP contribution < -0.4 is 10.5 Å². The molecule has 3 aromatic rings. The van der Waals surface area contributed by atoms with Gasteiger partial charge in [0.15, 0.2) is 11.2 Å². The summed E-state index contributed by atoms with van der Waals surface area (Å²) in [6.07, 6.45) is 2.97. The predicted molar refractivity (Wildman–Crippen MR) is 93.1 cm³/mol. The summed E-state index contributed by atoms with van der Waals surface area (Å²) in [5, 5.41) is 0. The van der Waals surface area contributed by atoms with Crippen molar-refractivity contribution in [2.24, 2.45) is 0 Å². The highest BCUT2D eigenvalue weighted by Gasteiger charge is 2.10. The lowest BCUT2D eigenvalue weighted by Gasteiger charge is -2.23. The van der Waals surface area contributed by atoms with E-state index in [-0.39, 0.29) is 5.56 Å². The van der Waals surface area contributed by atoms with E-state index >= 15 is 0 Å². The van der Waals surface area contributed by atoms with E-state index in [0.717, 1.165) is 24.5 Å². The number of aromatic nitrogens is 4. The molecule has 6 nitrogen and oxygen atoms in total. The Morgan fingerprint density at radius 1 is 1.09 bits per heavy atom. The van der Waals surface area contributed by atoms with Gasteiger partial charge in [0, 0.05) is 36.2 Å². The Kier molecular flexibility index (Phi) is 4.83. The SMILES string of the molecule is O=c1[nH]cnc2c1ncn2-c1ccc(N(CCCl)CCCl)cc1. The number of H-pyrrole nitrogens is 1. The van der Waals surface area contributed by atoms with E-state index in [2.05, 4.69) is 19.9 Å². The molecule has 0 fully saturated rings. The highest BCUT2D eigenvalue weighted by molar-refractivity contribution is 6.18. The number of nitrogens with zero attached hydrogens (tertiary/aromatic N) is 4. The summed E-state index contributed by atoms with van der Waals surface area (Å²) in [5.41, 5.74) is 2.53. The van der Waals surface area contributed by atoms with Gasteiger partial charge in [-0.25, -0.2) is 9.97 Å². The Hall–Kier alpha value is -2.05. The standard InChI is InChI=1S/C15H15Cl2N5O/c16-5-7-21(8-6-17)11-1-3-12(4-2-11)22-10-20-13-14(22)18-9-19-15(13)23/h1-4,9-10H,5-8H2,(H,18,19,23). The zero-order valence-corrected chi connectivity index (χ0v) is 13.8. The van der Waals surface area contributed by atoms with E-state index in [1.807, 2.05) is 24.3 Å². The number of aromatic amines is 1. The van der Waals surface area contributed by atoms with Crippen molar-refractivity contribution in [3.63, 3.8) is 0 Å². The molecule has 1 aromatic carbocycles. The normalized spacial score (nSPS) is 11.0. The van der Waals surface area contributed by atoms with Gasteiger partial charge in [-0.1, -0.05) is 0 Å². The van der Waals surface area contributed by atoms with Crippen molar-refractivity contribution in [1.82, 2.24) is 19.5 Å². The van der Waals surface area contributed by atoms with Crippen molar-refractivity contribution in [3.8, 4) is 5.69 Å². The Labute approximate surface area is 142 Å². The third kappa shape index (κ3) is 3.18. The summed E-state index contributed by atoms with van der Waals surface area (Å²) in [4.78, 5) is 24.7. The van der Waals surface area contributed by atoms with Crippen LogP contribution in [0.25, 0.3) is 16.9 Å². The average Bonchev–Trinajstić information content (AvgIpc) is 3.00. The Morgan fingerprint density at radius 2 is 1.78 bits per heavy atom. The topological polar surface area (TPSA) is 66.8 Å². The molecule has 2 aromatic heterocycles. The molecule has 0 atom stereocenters. The maximum atomic E-state index is 11.7. The minimum atomic E-state index is -0.249. The Morgan fingerprint density at radius 3 is 2.43 bits per heavy atom. The molecule has 0 spiro atoms. The number of hydrogen-bond donors (Lipinski definition) is 1. The largest absolute Gasteiger partial charge is 0.369 e. The van der Waals surface area contributed by atoms with Crippen molar-refractivity contribution in [2.75, 3.05) is 29.7 Å². The van der Waals surface area contributed by atoms with Crippen LogP contribution in [0.3, 0.4) is 0 Å². The van der Waals surface area contributed by atoms with Crippen LogP contribution in [0.15, 0.2) is 41.7 Å². The molecule has 0 bridgehead atoms. The van der Waals surface area contributed by atoms with Crippen LogP contribution in [0.1, 0.15) is 0 Å². The van der Waals surface area contributed by atoms with Crippen LogP contribution in [-0.4, -0.2) is 44.4 Å². The zero-order valence-electron chi connectivity index (χ0n) is 12.2. The molecular formula is C15H15Cl2N5O. The van der Waals surface area contributed by atoms with Gasteiger partial charge in [-0.3, -0.25) is 9.36 Å². The van der Waals surface area contributed by atoms with E-state index in [0.29, 0.717) is 22.9 Å². The summed E-state index contributed by atoms with van der Waals surface area (Å²) in [5.74, 6) is 1.08. The second-order valence-electron chi connectivity index (χ2n) is 4.90. The Bertz CT molecular complexity index is 837. The number of alkyl halides is 2. The molecule has 0 amide bonds. The summed E-state index contributed by atoms with van der Waals surface area (Å²) >= 11 is 11.7. The number of halogens is 2. The van der Waals surface area contributed by atoms with Crippen molar-refractivity contribution in [3.05, 3.63) is 47.3 Å². The molecule has 2 heterocycles. The monoisotopic (exact) mass is 351 g/mol. The van der Waals surface area contributed by atoms with Crippen LogP contribution in [0.4, 0.5) is 5.69 Å². The number of rotatable bonds is 6. The second-order valence-corrected chi connectivity index (χ2v) is 5.66. The van der Waals surface area contributed by atoms with Gasteiger partial charge in [-0.05, 0) is 24.3 Å². The minimum Gasteiger partial charge on any atom is -0.369 e. The maximum absolute atomic E-state index is 11.7. The lowest BCUT2D eigenvalue weighted by molar-refractivity contribution is 0.873. The smallest absolute Gasteiger partial charge is 0.278 e. The van der Waals surface area contributed by atoms with Crippen LogP contribution >= 0.6 is 23.2 Å². The fourth-order valence-electron chi connectivity index (χ4n) is 2.43. The number of hydrogen-bond acceptors (Lipinski definition) is 4. The van der Waals surface area contributed by atoms with Gasteiger partial charge in [-0.15, -0.1) is 23.2 Å². The first-order valence-corrected chi connectivity index (χ1v) is 8.19. The molecule has 23 heavy (non-hydrogen) atoms. The highest BCUT2D eigenvalue weighted by atomic mass is 35.5. The molecular weight excluding hydrogens is 337 g/mol. The number of anilines is 1. The van der Waals surface area contributed by atoms with Crippen LogP contribution in [0, 0.1) is 0 Å². The molecule has 0 saturated carbocycles. The molecule has 8 heteroatoms. The Balaban J connectivity index is 1.95. The van der Waals surface area contributed by atoms with E-state index in [4.69, 9.17) is 23.2 Å². The average molecular weight is 352 g/mol. The zero-order chi connectivity index (χ0) is 16.2. The van der Waals surface area contributed by atoms with E-state index in [9.17, 15) is 4.79 Å². The van der Waals surface area contributed by atoms with Gasteiger partial charge in [0.2, 0.25) is 0 Å². The molecule has 0 aliphatic rings. The van der Waals surface area contributed by atoms with Crippen LogP contribution in [0.2, 0.25) is 0 Å². The first-order chi connectivity index (χ1) is 11.2. The van der Waals surface area contributed by atoms with Gasteiger partial charge >= 0.3 is 0 Å². The quantitative estimate of drug-likeness (QED) is 0.692. The molecule has 0 aliphatic heterocycles. The highest BCUT2D eigenvalue weighted by Crippen LogP contribution is 2.19. The van der Waals surface area contributed by atoms with Gasteiger partial charge in [0.1, 0.15) is 6.33 Å². The van der Waals surface area contributed by atoms with E-state index in [1.165, 1.54) is 6.33 Å². The number of fused-ring (bicyclic) bond motifs is 1. The molecule has 1 N–H and O–H groups in total. The van der Waals surface area contributed by atoms with Gasteiger partial charge < -0.3 is 9.88 Å². The lowest BCUT2D eigenvalue weighted by Crippen LogP contribution is -2.27. The van der Waals surface area contributed by atoms with E-state index < -0.39 is 0 Å². The first kappa shape index (κ1) is 15.8. The summed E-state index contributed by atoms with van der Waals surface area (Å²) in [7, 11) is 0. The predicted octanol–water partition coefficient (Wildman–Crippen LogP) is 2.39. The second kappa shape index (κ2) is 7.02. The summed E-state index contributed by atoms with van der Waals surface area (Å²) in [6, 6.07) is 7.89. The summed E-state index contributed by atoms with van der Waals surface area (Å²) < 4.78 is 1.78. The summed E-state index contributed by atoms with van der Waals surface area (Å²) in [6.45, 7) is 1.47. The fraction of sp³-hybridized carbons (Fsp3) is 0.267. The number of nitrogens with one attached hydrogen (secondary N) is 1. The third-order valence-electron chi connectivity index (χ3n) is 3.54. The molecule has 0 aliphatic carbocycles. The van der Waals surface area contributed by atoms with Gasteiger partial charge in [0.05, 0.1) is 6.33 Å². The number of benzene rings is 1. The minimum absolute atomic E-state index is 0.249. The van der Waals surface area contributed by atoms with Gasteiger partial charge in [-0.2, -0.15) is 0 Å². The fourth-order valence-corrected chi connectivity index (χ4v) is 2.84. The molecule has 0 saturated heterocycles. The number of imidazole rings is 1. The van der Waals surface area contributed by atoms with Crippen molar-refractivity contribution in [2.45, 2.75) is 0 Å². The first-order valence-electron chi connectivity index (χ1n) is 7.12. The van der Waals surface area contributed by atoms with Crippen molar-refractivity contribution in [1.29, 1.82) is 0 Å². The molecule has 120 valence electrons. The van der Waals surface area contributed by atoms with Gasteiger partial charge in [0.25, 0.3) is 5.56 Å².